The first-order chi connectivity index (χ1) is 11.5. The van der Waals surface area contributed by atoms with E-state index in [4.69, 9.17) is 4.74 Å². The second-order valence-electron chi connectivity index (χ2n) is 4.98. The number of rotatable bonds is 4. The molecule has 8 nitrogen and oxygen atoms in total. The maximum Gasteiger partial charge on any atom is 0.338 e. The van der Waals surface area contributed by atoms with E-state index in [1.54, 1.807) is 18.5 Å². The summed E-state index contributed by atoms with van der Waals surface area (Å²) in [6.07, 6.45) is 1.62. The molecular formula is C15H11N3O5S. The lowest BCUT2D eigenvalue weighted by Gasteiger charge is -2.05. The largest absolute Gasteiger partial charge is 0.456 e. The highest BCUT2D eigenvalue weighted by molar-refractivity contribution is 7.15. The monoisotopic (exact) mass is 345 g/mol. The quantitative estimate of drug-likeness (QED) is 0.408. The molecule has 0 N–H and O–H groups in total. The molecule has 0 aliphatic heterocycles. The van der Waals surface area contributed by atoms with Crippen LogP contribution in [0.1, 0.15) is 21.6 Å². The first-order valence-corrected chi connectivity index (χ1v) is 7.71. The minimum atomic E-state index is -0.638. The van der Waals surface area contributed by atoms with E-state index in [1.165, 1.54) is 40.0 Å². The number of ether oxygens (including phenoxy) is 1. The van der Waals surface area contributed by atoms with Gasteiger partial charge in [-0.2, -0.15) is 0 Å². The number of thiazole rings is 1. The maximum atomic E-state index is 12.0. The number of nitro benzene ring substituents is 1. The lowest BCUT2D eigenvalue weighted by Crippen LogP contribution is -2.14. The van der Waals surface area contributed by atoms with Gasteiger partial charge < -0.3 is 4.74 Å². The van der Waals surface area contributed by atoms with Crippen LogP contribution in [0.4, 0.5) is 5.69 Å². The van der Waals surface area contributed by atoms with Gasteiger partial charge in [-0.3, -0.25) is 19.3 Å². The topological polar surface area (TPSA) is 104 Å². The molecule has 0 saturated heterocycles. The molecule has 24 heavy (non-hydrogen) atoms. The molecule has 1 aromatic carbocycles. The molecular weight excluding hydrogens is 334 g/mol. The van der Waals surface area contributed by atoms with Gasteiger partial charge in [0.2, 0.25) is 0 Å². The van der Waals surface area contributed by atoms with Crippen molar-refractivity contribution in [2.75, 3.05) is 0 Å². The van der Waals surface area contributed by atoms with Gasteiger partial charge in [0.25, 0.3) is 11.2 Å². The van der Waals surface area contributed by atoms with E-state index in [9.17, 15) is 19.7 Å². The lowest BCUT2D eigenvalue weighted by molar-refractivity contribution is -0.385. The zero-order valence-corrected chi connectivity index (χ0v) is 13.3. The van der Waals surface area contributed by atoms with E-state index in [0.29, 0.717) is 16.2 Å². The van der Waals surface area contributed by atoms with E-state index in [2.05, 4.69) is 4.98 Å². The van der Waals surface area contributed by atoms with Gasteiger partial charge >= 0.3 is 5.97 Å². The van der Waals surface area contributed by atoms with Gasteiger partial charge in [0.05, 0.1) is 16.2 Å². The third kappa shape index (κ3) is 3.01. The van der Waals surface area contributed by atoms with Crippen molar-refractivity contribution in [1.29, 1.82) is 0 Å². The number of hydrogen-bond donors (Lipinski definition) is 0. The highest BCUT2D eigenvalue weighted by Crippen LogP contribution is 2.19. The molecule has 0 unspecified atom stereocenters. The van der Waals surface area contributed by atoms with Gasteiger partial charge in [0, 0.05) is 29.3 Å². The Hall–Kier alpha value is -3.07. The molecule has 3 rings (SSSR count). The highest BCUT2D eigenvalue weighted by Gasteiger charge is 2.15. The molecule has 0 spiro atoms. The Balaban J connectivity index is 1.76. The Morgan fingerprint density at radius 2 is 2.21 bits per heavy atom. The molecule has 0 radical (unpaired) electrons. The average molecular weight is 345 g/mol. The standard InChI is InChI=1S/C15H11N3O5S/c1-9-6-10(2-3-12(9)18(21)22)14(20)23-8-11-7-13(19)17-4-5-24-15(17)16-11/h2-7H,8H2,1H3. The van der Waals surface area contributed by atoms with E-state index in [0.717, 1.165) is 0 Å². The summed E-state index contributed by atoms with van der Waals surface area (Å²) in [4.78, 5) is 38.9. The molecule has 0 fully saturated rings. The molecule has 0 bridgehead atoms. The summed E-state index contributed by atoms with van der Waals surface area (Å²) < 4.78 is 6.53. The summed E-state index contributed by atoms with van der Waals surface area (Å²) in [6, 6.07) is 5.28. The third-order valence-corrected chi connectivity index (χ3v) is 4.09. The molecule has 2 heterocycles. The van der Waals surface area contributed by atoms with Crippen LogP contribution in [0.15, 0.2) is 40.6 Å². The number of esters is 1. The fourth-order valence-electron chi connectivity index (χ4n) is 2.17. The zero-order chi connectivity index (χ0) is 17.3. The molecule has 0 saturated carbocycles. The Morgan fingerprint density at radius 1 is 1.42 bits per heavy atom. The molecule has 3 aromatic rings. The molecule has 0 aliphatic carbocycles. The maximum absolute atomic E-state index is 12.0. The van der Waals surface area contributed by atoms with E-state index >= 15 is 0 Å². The first-order valence-electron chi connectivity index (χ1n) is 6.83. The van der Waals surface area contributed by atoms with Crippen LogP contribution in [0.3, 0.4) is 0 Å². The Kier molecular flexibility index (Phi) is 4.09. The number of aryl methyl sites for hydroxylation is 1. The number of benzene rings is 1. The smallest absolute Gasteiger partial charge is 0.338 e. The highest BCUT2D eigenvalue weighted by atomic mass is 32.1. The van der Waals surface area contributed by atoms with Gasteiger partial charge in [-0.25, -0.2) is 9.78 Å². The fraction of sp³-hybridized carbons (Fsp3) is 0.133. The van der Waals surface area contributed by atoms with Gasteiger partial charge in [-0.05, 0) is 19.1 Å². The molecule has 122 valence electrons. The van der Waals surface area contributed by atoms with Crippen LogP contribution in [-0.2, 0) is 11.3 Å². The third-order valence-electron chi connectivity index (χ3n) is 3.34. The number of nitro groups is 1. The summed E-state index contributed by atoms with van der Waals surface area (Å²) in [5, 5.41) is 12.5. The number of carbonyl (C=O) groups is 1. The predicted octanol–water partition coefficient (Wildman–Crippen LogP) is 2.33. The van der Waals surface area contributed by atoms with Crippen molar-refractivity contribution >= 4 is 28.0 Å². The van der Waals surface area contributed by atoms with Crippen LogP contribution in [0.5, 0.6) is 0 Å². The van der Waals surface area contributed by atoms with E-state index in [-0.39, 0.29) is 23.4 Å². The fourth-order valence-corrected chi connectivity index (χ4v) is 2.91. The predicted molar refractivity (Wildman–Crippen MR) is 86.3 cm³/mol. The van der Waals surface area contributed by atoms with Crippen LogP contribution in [-0.4, -0.2) is 20.3 Å². The summed E-state index contributed by atoms with van der Waals surface area (Å²) in [6.45, 7) is 1.39. The lowest BCUT2D eigenvalue weighted by atomic mass is 10.1. The van der Waals surface area contributed by atoms with Crippen molar-refractivity contribution in [1.82, 2.24) is 9.38 Å². The van der Waals surface area contributed by atoms with Gasteiger partial charge in [-0.15, -0.1) is 11.3 Å². The minimum absolute atomic E-state index is 0.0654. The van der Waals surface area contributed by atoms with Crippen molar-refractivity contribution in [3.63, 3.8) is 0 Å². The number of fused-ring (bicyclic) bond motifs is 1. The number of hydrogen-bond acceptors (Lipinski definition) is 7. The van der Waals surface area contributed by atoms with Gasteiger partial charge in [0.15, 0.2) is 4.96 Å². The molecule has 2 aromatic heterocycles. The van der Waals surface area contributed by atoms with Crippen LogP contribution in [0, 0.1) is 17.0 Å². The summed E-state index contributed by atoms with van der Waals surface area (Å²) in [7, 11) is 0. The number of aromatic nitrogens is 2. The van der Waals surface area contributed by atoms with Crippen molar-refractivity contribution in [2.45, 2.75) is 13.5 Å². The first kappa shape index (κ1) is 15.8. The molecule has 0 atom stereocenters. The van der Waals surface area contributed by atoms with E-state index in [1.807, 2.05) is 0 Å². The van der Waals surface area contributed by atoms with Crippen molar-refractivity contribution < 1.29 is 14.5 Å². The summed E-state index contributed by atoms with van der Waals surface area (Å²) in [5.74, 6) is -0.638. The molecule has 9 heteroatoms. The van der Waals surface area contributed by atoms with Crippen LogP contribution < -0.4 is 5.56 Å². The van der Waals surface area contributed by atoms with Crippen molar-refractivity contribution in [2.24, 2.45) is 0 Å². The molecule has 0 amide bonds. The Bertz CT molecular complexity index is 1010. The average Bonchev–Trinajstić information content (AvgIpc) is 3.01. The van der Waals surface area contributed by atoms with Gasteiger partial charge in [0.1, 0.15) is 6.61 Å². The SMILES string of the molecule is Cc1cc(C(=O)OCc2cc(=O)n3ccsc3n2)ccc1[N+](=O)[O-]. The second kappa shape index (κ2) is 6.20. The van der Waals surface area contributed by atoms with Crippen molar-refractivity contribution in [3.8, 4) is 0 Å². The summed E-state index contributed by atoms with van der Waals surface area (Å²) in [5.41, 5.74) is 0.593. The number of carbonyl (C=O) groups excluding carboxylic acids is 1. The number of nitrogens with zero attached hydrogens (tertiary/aromatic N) is 3. The zero-order valence-electron chi connectivity index (χ0n) is 12.5. The van der Waals surface area contributed by atoms with Gasteiger partial charge in [-0.1, -0.05) is 0 Å². The van der Waals surface area contributed by atoms with E-state index < -0.39 is 10.9 Å². The second-order valence-corrected chi connectivity index (χ2v) is 5.85. The van der Waals surface area contributed by atoms with Crippen LogP contribution >= 0.6 is 11.3 Å². The minimum Gasteiger partial charge on any atom is -0.456 e. The normalized spacial score (nSPS) is 10.7. The summed E-state index contributed by atoms with van der Waals surface area (Å²) >= 11 is 1.30. The van der Waals surface area contributed by atoms with Crippen molar-refractivity contribution in [3.05, 3.63) is 73.1 Å². The van der Waals surface area contributed by atoms with Crippen LogP contribution in [0.25, 0.3) is 4.96 Å². The van der Waals surface area contributed by atoms with Crippen LogP contribution in [0.2, 0.25) is 0 Å². The Labute approximate surface area is 139 Å². The molecule has 0 aliphatic rings. The Morgan fingerprint density at radius 3 is 2.92 bits per heavy atom.